The standard InChI is InChI=1S/C20H29N3O3/c1-2-18(24)21-12-13-22-20(26)16-8-10-17(11-9-16)23-19(25)14-15-6-4-3-5-7-15/h8-11,15H,2-7,12-14H2,1H3,(H,21,24)(H,22,26)(H,23,25). The van der Waals surface area contributed by atoms with Crippen molar-refractivity contribution >= 4 is 23.4 Å². The van der Waals surface area contributed by atoms with Gasteiger partial charge in [-0.3, -0.25) is 14.4 Å². The van der Waals surface area contributed by atoms with E-state index >= 15 is 0 Å². The summed E-state index contributed by atoms with van der Waals surface area (Å²) in [7, 11) is 0. The number of hydrogen-bond acceptors (Lipinski definition) is 3. The Balaban J connectivity index is 1.73. The third kappa shape index (κ3) is 6.86. The summed E-state index contributed by atoms with van der Waals surface area (Å²) >= 11 is 0. The van der Waals surface area contributed by atoms with Gasteiger partial charge in [-0.1, -0.05) is 26.2 Å². The fraction of sp³-hybridized carbons (Fsp3) is 0.550. The highest BCUT2D eigenvalue weighted by molar-refractivity contribution is 5.95. The maximum Gasteiger partial charge on any atom is 0.251 e. The van der Waals surface area contributed by atoms with E-state index in [0.717, 1.165) is 12.8 Å². The lowest BCUT2D eigenvalue weighted by Gasteiger charge is -2.20. The van der Waals surface area contributed by atoms with E-state index in [2.05, 4.69) is 16.0 Å². The highest BCUT2D eigenvalue weighted by Crippen LogP contribution is 2.26. The van der Waals surface area contributed by atoms with Crippen LogP contribution < -0.4 is 16.0 Å². The second kappa shape index (κ2) is 10.6. The molecule has 1 aromatic rings. The highest BCUT2D eigenvalue weighted by Gasteiger charge is 2.17. The number of rotatable bonds is 8. The van der Waals surface area contributed by atoms with Crippen molar-refractivity contribution in [1.29, 1.82) is 0 Å². The second-order valence-electron chi connectivity index (χ2n) is 6.79. The first kappa shape index (κ1) is 19.9. The number of amides is 3. The van der Waals surface area contributed by atoms with Crippen molar-refractivity contribution in [2.75, 3.05) is 18.4 Å². The van der Waals surface area contributed by atoms with Crippen molar-refractivity contribution < 1.29 is 14.4 Å². The summed E-state index contributed by atoms with van der Waals surface area (Å²) in [5, 5.41) is 8.36. The molecule has 0 aliphatic heterocycles. The van der Waals surface area contributed by atoms with E-state index < -0.39 is 0 Å². The second-order valence-corrected chi connectivity index (χ2v) is 6.79. The summed E-state index contributed by atoms with van der Waals surface area (Å²) in [6, 6.07) is 6.87. The van der Waals surface area contributed by atoms with Gasteiger partial charge in [-0.15, -0.1) is 0 Å². The molecular formula is C20H29N3O3. The number of carbonyl (C=O) groups is 3. The lowest BCUT2D eigenvalue weighted by molar-refractivity contribution is -0.120. The average Bonchev–Trinajstić information content (AvgIpc) is 2.66. The molecule has 2 rings (SSSR count). The van der Waals surface area contributed by atoms with E-state index in [9.17, 15) is 14.4 Å². The summed E-state index contributed by atoms with van der Waals surface area (Å²) < 4.78 is 0. The first-order valence-electron chi connectivity index (χ1n) is 9.53. The van der Waals surface area contributed by atoms with Gasteiger partial charge in [0.2, 0.25) is 11.8 Å². The molecule has 0 atom stereocenters. The molecule has 1 fully saturated rings. The molecule has 0 bridgehead atoms. The average molecular weight is 359 g/mol. The first-order chi connectivity index (χ1) is 12.6. The molecule has 1 aromatic carbocycles. The summed E-state index contributed by atoms with van der Waals surface area (Å²) in [5.41, 5.74) is 1.23. The van der Waals surface area contributed by atoms with Gasteiger partial charge < -0.3 is 16.0 Å². The number of nitrogens with one attached hydrogen (secondary N) is 3. The van der Waals surface area contributed by atoms with Crippen LogP contribution in [0.25, 0.3) is 0 Å². The van der Waals surface area contributed by atoms with E-state index in [-0.39, 0.29) is 17.7 Å². The minimum Gasteiger partial charge on any atom is -0.354 e. The molecule has 0 saturated heterocycles. The molecule has 0 heterocycles. The smallest absolute Gasteiger partial charge is 0.251 e. The fourth-order valence-corrected chi connectivity index (χ4v) is 3.18. The van der Waals surface area contributed by atoms with Crippen molar-refractivity contribution in [1.82, 2.24) is 10.6 Å². The number of hydrogen-bond donors (Lipinski definition) is 3. The Labute approximate surface area is 155 Å². The Bertz CT molecular complexity index is 607. The monoisotopic (exact) mass is 359 g/mol. The summed E-state index contributed by atoms with van der Waals surface area (Å²) in [6.45, 7) is 2.57. The van der Waals surface area contributed by atoms with E-state index in [1.807, 2.05) is 0 Å². The minimum atomic E-state index is -0.198. The summed E-state index contributed by atoms with van der Waals surface area (Å²) in [4.78, 5) is 35.3. The van der Waals surface area contributed by atoms with E-state index in [0.29, 0.717) is 43.1 Å². The number of anilines is 1. The Hall–Kier alpha value is -2.37. The van der Waals surface area contributed by atoms with Gasteiger partial charge in [-0.2, -0.15) is 0 Å². The zero-order chi connectivity index (χ0) is 18.8. The van der Waals surface area contributed by atoms with Crippen molar-refractivity contribution in [2.45, 2.75) is 51.9 Å². The third-order valence-corrected chi connectivity index (χ3v) is 4.68. The van der Waals surface area contributed by atoms with Crippen LogP contribution in [0.3, 0.4) is 0 Å². The normalized spacial score (nSPS) is 14.5. The molecule has 0 spiro atoms. The van der Waals surface area contributed by atoms with Crippen LogP contribution in [0.4, 0.5) is 5.69 Å². The molecule has 1 aliphatic carbocycles. The Kier molecular flexibility index (Phi) is 8.12. The van der Waals surface area contributed by atoms with Gasteiger partial charge in [0, 0.05) is 37.2 Å². The molecule has 0 radical (unpaired) electrons. The minimum absolute atomic E-state index is 0.0347. The fourth-order valence-electron chi connectivity index (χ4n) is 3.18. The molecule has 3 amide bonds. The molecule has 0 aromatic heterocycles. The van der Waals surface area contributed by atoms with Gasteiger partial charge in [0.05, 0.1) is 0 Å². The maximum absolute atomic E-state index is 12.1. The quantitative estimate of drug-likeness (QED) is 0.624. The van der Waals surface area contributed by atoms with Crippen LogP contribution in [0.15, 0.2) is 24.3 Å². The zero-order valence-corrected chi connectivity index (χ0v) is 15.5. The predicted molar refractivity (Wildman–Crippen MR) is 102 cm³/mol. The van der Waals surface area contributed by atoms with Crippen LogP contribution in [0.5, 0.6) is 0 Å². The van der Waals surface area contributed by atoms with Crippen molar-refractivity contribution in [3.05, 3.63) is 29.8 Å². The van der Waals surface area contributed by atoms with Gasteiger partial charge in [-0.25, -0.2) is 0 Å². The summed E-state index contributed by atoms with van der Waals surface area (Å²) in [6.07, 6.45) is 7.03. The first-order valence-corrected chi connectivity index (χ1v) is 9.53. The van der Waals surface area contributed by atoms with Gasteiger partial charge in [-0.05, 0) is 43.0 Å². The lowest BCUT2D eigenvalue weighted by Crippen LogP contribution is -2.34. The molecule has 1 saturated carbocycles. The summed E-state index contributed by atoms with van der Waals surface area (Å²) in [5.74, 6) is 0.311. The van der Waals surface area contributed by atoms with E-state index in [4.69, 9.17) is 0 Å². The largest absolute Gasteiger partial charge is 0.354 e. The van der Waals surface area contributed by atoms with Crippen molar-refractivity contribution in [3.63, 3.8) is 0 Å². The highest BCUT2D eigenvalue weighted by atomic mass is 16.2. The van der Waals surface area contributed by atoms with Crippen LogP contribution in [0.2, 0.25) is 0 Å². The SMILES string of the molecule is CCC(=O)NCCNC(=O)c1ccc(NC(=O)CC2CCCCC2)cc1. The zero-order valence-electron chi connectivity index (χ0n) is 15.5. The van der Waals surface area contributed by atoms with Crippen LogP contribution in [-0.4, -0.2) is 30.8 Å². The Morgan fingerprint density at radius 1 is 0.923 bits per heavy atom. The van der Waals surface area contributed by atoms with Crippen molar-refractivity contribution in [2.24, 2.45) is 5.92 Å². The van der Waals surface area contributed by atoms with Gasteiger partial charge in [0.25, 0.3) is 5.91 Å². The molecule has 6 heteroatoms. The lowest BCUT2D eigenvalue weighted by atomic mass is 9.87. The molecule has 0 unspecified atom stereocenters. The molecule has 26 heavy (non-hydrogen) atoms. The molecule has 142 valence electrons. The van der Waals surface area contributed by atoms with E-state index in [1.165, 1.54) is 19.3 Å². The van der Waals surface area contributed by atoms with Gasteiger partial charge in [0.1, 0.15) is 0 Å². The van der Waals surface area contributed by atoms with Crippen molar-refractivity contribution in [3.8, 4) is 0 Å². The Morgan fingerprint density at radius 2 is 1.58 bits per heavy atom. The van der Waals surface area contributed by atoms with E-state index in [1.54, 1.807) is 31.2 Å². The molecular weight excluding hydrogens is 330 g/mol. The van der Waals surface area contributed by atoms with Crippen LogP contribution in [0.1, 0.15) is 62.2 Å². The van der Waals surface area contributed by atoms with Crippen LogP contribution in [-0.2, 0) is 9.59 Å². The predicted octanol–water partition coefficient (Wildman–Crippen LogP) is 2.85. The Morgan fingerprint density at radius 3 is 2.23 bits per heavy atom. The van der Waals surface area contributed by atoms with Crippen LogP contribution >= 0.6 is 0 Å². The number of carbonyl (C=O) groups excluding carboxylic acids is 3. The van der Waals surface area contributed by atoms with Gasteiger partial charge in [0.15, 0.2) is 0 Å². The third-order valence-electron chi connectivity index (χ3n) is 4.68. The van der Waals surface area contributed by atoms with Crippen LogP contribution in [0, 0.1) is 5.92 Å². The van der Waals surface area contributed by atoms with Gasteiger partial charge >= 0.3 is 0 Å². The molecule has 6 nitrogen and oxygen atoms in total. The number of benzene rings is 1. The molecule has 1 aliphatic rings. The topological polar surface area (TPSA) is 87.3 Å². The maximum atomic E-state index is 12.1. The molecule has 3 N–H and O–H groups in total.